The number of carbonyl (C=O) groups is 2. The molecule has 9 heteroatoms. The van der Waals surface area contributed by atoms with Gasteiger partial charge >= 0.3 is 0 Å². The van der Waals surface area contributed by atoms with Crippen LogP contribution in [0.4, 0.5) is 0 Å². The first kappa shape index (κ1) is 22.8. The third-order valence-corrected chi connectivity index (χ3v) is 7.39. The van der Waals surface area contributed by atoms with Crippen LogP contribution in [0, 0.1) is 5.92 Å². The van der Waals surface area contributed by atoms with Gasteiger partial charge in [0.15, 0.2) is 5.69 Å². The lowest BCUT2D eigenvalue weighted by atomic mass is 9.92. The Morgan fingerprint density at radius 2 is 1.79 bits per heavy atom. The molecule has 2 amide bonds. The van der Waals surface area contributed by atoms with Gasteiger partial charge in [0.2, 0.25) is 5.91 Å². The maximum Gasteiger partial charge on any atom is 0.276 e. The Morgan fingerprint density at radius 3 is 2.50 bits per heavy atom. The number of aromatic nitrogens is 3. The number of hydrogen-bond acceptors (Lipinski definition) is 6. The molecule has 3 heterocycles. The average molecular weight is 468 g/mol. The van der Waals surface area contributed by atoms with Crippen LogP contribution in [0.25, 0.3) is 0 Å². The SMILES string of the molecule is COc1ccc([C@@H]2Cn3nnc(C(=O)N4CCC(C(=O)NC5CCCCC5)CC4)c3CO2)cc1. The highest BCUT2D eigenvalue weighted by Crippen LogP contribution is 2.29. The first-order valence-electron chi connectivity index (χ1n) is 12.4. The number of nitrogens with one attached hydrogen (secondary N) is 1. The van der Waals surface area contributed by atoms with Crippen molar-refractivity contribution in [3.63, 3.8) is 0 Å². The van der Waals surface area contributed by atoms with E-state index in [-0.39, 0.29) is 30.4 Å². The van der Waals surface area contributed by atoms with Crippen LogP contribution < -0.4 is 10.1 Å². The number of methoxy groups -OCH3 is 1. The zero-order chi connectivity index (χ0) is 23.5. The van der Waals surface area contributed by atoms with Crippen molar-refractivity contribution in [3.05, 3.63) is 41.2 Å². The lowest BCUT2D eigenvalue weighted by molar-refractivity contribution is -0.127. The second-order valence-electron chi connectivity index (χ2n) is 9.55. The highest BCUT2D eigenvalue weighted by Gasteiger charge is 2.33. The number of carbonyl (C=O) groups excluding carboxylic acids is 2. The fourth-order valence-electron chi connectivity index (χ4n) is 5.26. The van der Waals surface area contributed by atoms with E-state index in [4.69, 9.17) is 9.47 Å². The lowest BCUT2D eigenvalue weighted by Gasteiger charge is -2.32. The summed E-state index contributed by atoms with van der Waals surface area (Å²) in [7, 11) is 1.64. The first-order chi connectivity index (χ1) is 16.6. The minimum atomic E-state index is -0.151. The van der Waals surface area contributed by atoms with Gasteiger partial charge < -0.3 is 19.7 Å². The molecule has 9 nitrogen and oxygen atoms in total. The van der Waals surface area contributed by atoms with Crippen molar-refractivity contribution in [2.24, 2.45) is 5.92 Å². The van der Waals surface area contributed by atoms with E-state index in [1.807, 2.05) is 24.3 Å². The normalized spacial score (nSPS) is 21.7. The van der Waals surface area contributed by atoms with E-state index < -0.39 is 0 Å². The Labute approximate surface area is 199 Å². The van der Waals surface area contributed by atoms with E-state index in [1.165, 1.54) is 19.3 Å². The number of benzene rings is 1. The number of fused-ring (bicyclic) bond motifs is 1. The van der Waals surface area contributed by atoms with Crippen molar-refractivity contribution in [1.29, 1.82) is 0 Å². The zero-order valence-electron chi connectivity index (χ0n) is 19.7. The molecule has 2 fully saturated rings. The van der Waals surface area contributed by atoms with Gasteiger partial charge in [0.25, 0.3) is 5.91 Å². The summed E-state index contributed by atoms with van der Waals surface area (Å²) >= 11 is 0. The summed E-state index contributed by atoms with van der Waals surface area (Å²) in [5, 5.41) is 11.7. The Balaban J connectivity index is 1.16. The van der Waals surface area contributed by atoms with Gasteiger partial charge in [0.05, 0.1) is 26.0 Å². The molecule has 1 saturated heterocycles. The molecule has 2 aromatic rings. The maximum absolute atomic E-state index is 13.2. The van der Waals surface area contributed by atoms with Crippen LogP contribution in [-0.2, 0) is 22.7 Å². The molecular weight excluding hydrogens is 434 g/mol. The second-order valence-corrected chi connectivity index (χ2v) is 9.55. The molecule has 0 unspecified atom stereocenters. The number of hydrogen-bond donors (Lipinski definition) is 1. The van der Waals surface area contributed by atoms with Crippen molar-refractivity contribution in [2.45, 2.75) is 70.2 Å². The summed E-state index contributed by atoms with van der Waals surface area (Å²) in [6.45, 7) is 1.91. The molecule has 1 atom stereocenters. The zero-order valence-corrected chi connectivity index (χ0v) is 19.7. The Hall–Kier alpha value is -2.94. The molecule has 3 aliphatic rings. The summed E-state index contributed by atoms with van der Waals surface area (Å²) < 4.78 is 13.1. The van der Waals surface area contributed by atoms with Crippen LogP contribution in [0.15, 0.2) is 24.3 Å². The van der Waals surface area contributed by atoms with Crippen LogP contribution in [0.3, 0.4) is 0 Å². The van der Waals surface area contributed by atoms with E-state index >= 15 is 0 Å². The molecule has 2 aliphatic heterocycles. The third kappa shape index (κ3) is 4.80. The van der Waals surface area contributed by atoms with Crippen molar-refractivity contribution >= 4 is 11.8 Å². The van der Waals surface area contributed by atoms with Crippen LogP contribution in [-0.4, -0.2) is 57.9 Å². The third-order valence-electron chi connectivity index (χ3n) is 7.39. The molecule has 1 saturated carbocycles. The molecule has 34 heavy (non-hydrogen) atoms. The van der Waals surface area contributed by atoms with Crippen molar-refractivity contribution in [1.82, 2.24) is 25.2 Å². The van der Waals surface area contributed by atoms with Gasteiger partial charge in [-0.1, -0.05) is 36.6 Å². The van der Waals surface area contributed by atoms with Crippen LogP contribution >= 0.6 is 0 Å². The number of likely N-dealkylation sites (tertiary alicyclic amines) is 1. The monoisotopic (exact) mass is 467 g/mol. The molecule has 1 N–H and O–H groups in total. The quantitative estimate of drug-likeness (QED) is 0.726. The smallest absolute Gasteiger partial charge is 0.276 e. The van der Waals surface area contributed by atoms with Gasteiger partial charge in [-0.15, -0.1) is 5.10 Å². The first-order valence-corrected chi connectivity index (χ1v) is 12.4. The van der Waals surface area contributed by atoms with Crippen LogP contribution in [0.2, 0.25) is 0 Å². The molecule has 1 aromatic heterocycles. The minimum absolute atomic E-state index is 0.0198. The minimum Gasteiger partial charge on any atom is -0.497 e. The molecule has 0 bridgehead atoms. The van der Waals surface area contributed by atoms with E-state index in [1.54, 1.807) is 16.7 Å². The van der Waals surface area contributed by atoms with Crippen molar-refractivity contribution < 1.29 is 19.1 Å². The maximum atomic E-state index is 13.2. The van der Waals surface area contributed by atoms with Crippen LogP contribution in [0.5, 0.6) is 5.75 Å². The fourth-order valence-corrected chi connectivity index (χ4v) is 5.26. The predicted molar refractivity (Wildman–Crippen MR) is 124 cm³/mol. The highest BCUT2D eigenvalue weighted by molar-refractivity contribution is 5.93. The standard InChI is InChI=1S/C25H33N5O4/c1-33-20-9-7-17(8-10-20)22-15-30-21(16-34-22)23(27-28-30)25(32)29-13-11-18(12-14-29)24(31)26-19-5-3-2-4-6-19/h7-10,18-19,22H,2-6,11-16H2,1H3,(H,26,31)/t22-/m0/s1. The molecule has 5 rings (SSSR count). The van der Waals surface area contributed by atoms with Gasteiger partial charge in [-0.2, -0.15) is 0 Å². The van der Waals surface area contributed by atoms with Gasteiger partial charge in [-0.3, -0.25) is 9.59 Å². The summed E-state index contributed by atoms with van der Waals surface area (Å²) in [4.78, 5) is 27.7. The van der Waals surface area contributed by atoms with Crippen LogP contribution in [0.1, 0.15) is 72.8 Å². The second kappa shape index (κ2) is 10.1. The van der Waals surface area contributed by atoms with E-state index in [0.29, 0.717) is 49.9 Å². The van der Waals surface area contributed by atoms with E-state index in [9.17, 15) is 9.59 Å². The summed E-state index contributed by atoms with van der Waals surface area (Å²) in [6, 6.07) is 8.09. The summed E-state index contributed by atoms with van der Waals surface area (Å²) in [5.74, 6) is 0.801. The molecule has 0 radical (unpaired) electrons. The largest absolute Gasteiger partial charge is 0.497 e. The molecule has 182 valence electrons. The van der Waals surface area contributed by atoms with E-state index in [0.717, 1.165) is 24.2 Å². The molecule has 1 aromatic carbocycles. The highest BCUT2D eigenvalue weighted by atomic mass is 16.5. The Morgan fingerprint density at radius 1 is 1.06 bits per heavy atom. The summed E-state index contributed by atoms with van der Waals surface area (Å²) in [6.07, 6.45) is 7.06. The number of nitrogens with zero attached hydrogens (tertiary/aromatic N) is 4. The fraction of sp³-hybridized carbons (Fsp3) is 0.600. The number of ether oxygens (including phenoxy) is 2. The number of piperidine rings is 1. The topological polar surface area (TPSA) is 98.6 Å². The molecule has 0 spiro atoms. The molecular formula is C25H33N5O4. The Kier molecular flexibility index (Phi) is 6.80. The average Bonchev–Trinajstić information content (AvgIpc) is 3.32. The molecule has 1 aliphatic carbocycles. The predicted octanol–water partition coefficient (Wildman–Crippen LogP) is 2.86. The number of amides is 2. The summed E-state index contributed by atoms with van der Waals surface area (Å²) in [5.41, 5.74) is 2.11. The lowest BCUT2D eigenvalue weighted by Crippen LogP contribution is -2.46. The van der Waals surface area contributed by atoms with Gasteiger partial charge in [0.1, 0.15) is 11.9 Å². The van der Waals surface area contributed by atoms with Gasteiger partial charge in [-0.25, -0.2) is 4.68 Å². The van der Waals surface area contributed by atoms with Gasteiger partial charge in [0, 0.05) is 25.0 Å². The van der Waals surface area contributed by atoms with Crippen molar-refractivity contribution in [2.75, 3.05) is 20.2 Å². The number of rotatable bonds is 5. The van der Waals surface area contributed by atoms with E-state index in [2.05, 4.69) is 15.6 Å². The Bertz CT molecular complexity index is 1010. The van der Waals surface area contributed by atoms with Gasteiger partial charge in [-0.05, 0) is 43.4 Å². The van der Waals surface area contributed by atoms with Crippen molar-refractivity contribution in [3.8, 4) is 5.75 Å².